The van der Waals surface area contributed by atoms with Crippen LogP contribution >= 0.6 is 0 Å². The van der Waals surface area contributed by atoms with Crippen LogP contribution in [0.4, 0.5) is 0 Å². The van der Waals surface area contributed by atoms with E-state index in [1.165, 1.54) is 4.90 Å². The van der Waals surface area contributed by atoms with Gasteiger partial charge in [-0.15, -0.1) is 0 Å². The van der Waals surface area contributed by atoms with Crippen LogP contribution in [0, 0.1) is 0 Å². The van der Waals surface area contributed by atoms with E-state index in [1.807, 2.05) is 18.2 Å². The van der Waals surface area contributed by atoms with Crippen molar-refractivity contribution in [2.75, 3.05) is 6.61 Å². The Morgan fingerprint density at radius 1 is 1.16 bits per heavy atom. The van der Waals surface area contributed by atoms with Crippen molar-refractivity contribution in [2.45, 2.75) is 31.1 Å². The largest absolute Gasteiger partial charge is 0.394 e. The Bertz CT molecular complexity index is 479. The van der Waals surface area contributed by atoms with Gasteiger partial charge in [-0.05, 0) is 18.4 Å². The SMILES string of the molecule is O=C1C2CCC(O2)C(=O)N1[C@H](CO)c1ccccc1. The number of benzene rings is 1. The van der Waals surface area contributed by atoms with Gasteiger partial charge in [-0.2, -0.15) is 0 Å². The summed E-state index contributed by atoms with van der Waals surface area (Å²) in [5, 5.41) is 9.57. The number of hydrogen-bond acceptors (Lipinski definition) is 4. The Hall–Kier alpha value is -1.72. The van der Waals surface area contributed by atoms with Gasteiger partial charge in [-0.3, -0.25) is 14.5 Å². The van der Waals surface area contributed by atoms with E-state index in [1.54, 1.807) is 12.1 Å². The van der Waals surface area contributed by atoms with E-state index in [4.69, 9.17) is 4.74 Å². The zero-order chi connectivity index (χ0) is 13.4. The van der Waals surface area contributed by atoms with E-state index in [2.05, 4.69) is 0 Å². The van der Waals surface area contributed by atoms with Gasteiger partial charge >= 0.3 is 0 Å². The number of morpholine rings is 1. The maximum absolute atomic E-state index is 12.2. The molecule has 0 spiro atoms. The van der Waals surface area contributed by atoms with Gasteiger partial charge in [0.15, 0.2) is 0 Å². The van der Waals surface area contributed by atoms with Crippen molar-refractivity contribution in [3.05, 3.63) is 35.9 Å². The Balaban J connectivity index is 1.95. The van der Waals surface area contributed by atoms with E-state index >= 15 is 0 Å². The topological polar surface area (TPSA) is 66.8 Å². The van der Waals surface area contributed by atoms with Gasteiger partial charge in [0.2, 0.25) is 0 Å². The zero-order valence-electron chi connectivity index (χ0n) is 10.4. The molecule has 1 aromatic carbocycles. The molecule has 0 saturated carbocycles. The molecule has 3 atom stereocenters. The minimum Gasteiger partial charge on any atom is -0.394 e. The number of carbonyl (C=O) groups excluding carboxylic acids is 2. The number of imide groups is 1. The molecule has 0 aliphatic carbocycles. The summed E-state index contributed by atoms with van der Waals surface area (Å²) >= 11 is 0. The Morgan fingerprint density at radius 3 is 2.26 bits per heavy atom. The van der Waals surface area contributed by atoms with Crippen molar-refractivity contribution in [3.8, 4) is 0 Å². The third kappa shape index (κ3) is 1.95. The number of hydrogen-bond donors (Lipinski definition) is 1. The lowest BCUT2D eigenvalue weighted by atomic mass is 10.0. The van der Waals surface area contributed by atoms with Gasteiger partial charge in [-0.25, -0.2) is 0 Å². The van der Waals surface area contributed by atoms with Crippen molar-refractivity contribution in [1.29, 1.82) is 0 Å². The first-order valence-corrected chi connectivity index (χ1v) is 6.40. The van der Waals surface area contributed by atoms with Crippen LogP contribution in [0.3, 0.4) is 0 Å². The fourth-order valence-corrected chi connectivity index (χ4v) is 2.74. The summed E-state index contributed by atoms with van der Waals surface area (Å²) in [7, 11) is 0. The molecule has 0 aromatic heterocycles. The maximum Gasteiger partial charge on any atom is 0.259 e. The molecule has 19 heavy (non-hydrogen) atoms. The Morgan fingerprint density at radius 2 is 1.74 bits per heavy atom. The summed E-state index contributed by atoms with van der Waals surface area (Å²) in [6.45, 7) is -0.277. The zero-order valence-corrected chi connectivity index (χ0v) is 10.4. The molecule has 1 N–H and O–H groups in total. The summed E-state index contributed by atoms with van der Waals surface area (Å²) in [4.78, 5) is 25.7. The van der Waals surface area contributed by atoms with E-state index in [9.17, 15) is 14.7 Å². The average molecular weight is 261 g/mol. The van der Waals surface area contributed by atoms with Crippen molar-refractivity contribution in [2.24, 2.45) is 0 Å². The first kappa shape index (κ1) is 12.3. The lowest BCUT2D eigenvalue weighted by Gasteiger charge is -2.35. The second kappa shape index (κ2) is 4.75. The molecule has 2 saturated heterocycles. The number of fused-ring (bicyclic) bond motifs is 2. The standard InChI is InChI=1S/C14H15NO4/c16-8-10(9-4-2-1-3-5-9)15-13(17)11-6-7-12(19-11)14(15)18/h1-5,10-12,16H,6-8H2/t10-,11?,12?/m1/s1. The molecule has 1 aromatic rings. The molecule has 2 heterocycles. The normalized spacial score (nSPS) is 27.7. The summed E-state index contributed by atoms with van der Waals surface area (Å²) < 4.78 is 5.36. The van der Waals surface area contributed by atoms with E-state index in [0.717, 1.165) is 5.56 Å². The predicted molar refractivity (Wildman–Crippen MR) is 66.0 cm³/mol. The first-order chi connectivity index (χ1) is 9.22. The number of aliphatic hydroxyl groups excluding tert-OH is 1. The molecular formula is C14H15NO4. The lowest BCUT2D eigenvalue weighted by molar-refractivity contribution is -0.172. The highest BCUT2D eigenvalue weighted by molar-refractivity contribution is 6.02. The minimum absolute atomic E-state index is 0.277. The Labute approximate surface area is 110 Å². The van der Waals surface area contributed by atoms with Crippen LogP contribution in [-0.4, -0.2) is 40.6 Å². The summed E-state index contributed by atoms with van der Waals surface area (Å²) in [5.74, 6) is -0.664. The number of rotatable bonds is 3. The third-order valence-electron chi connectivity index (χ3n) is 3.71. The molecule has 5 heteroatoms. The van der Waals surface area contributed by atoms with Crippen LogP contribution in [0.25, 0.3) is 0 Å². The van der Waals surface area contributed by atoms with Crippen molar-refractivity contribution in [3.63, 3.8) is 0 Å². The fraction of sp³-hybridized carbons (Fsp3) is 0.429. The molecule has 2 bridgehead atoms. The van der Waals surface area contributed by atoms with E-state index < -0.39 is 18.2 Å². The summed E-state index contributed by atoms with van der Waals surface area (Å²) in [6.07, 6.45) is 0.109. The maximum atomic E-state index is 12.2. The van der Waals surface area contributed by atoms with Crippen LogP contribution in [0.2, 0.25) is 0 Å². The van der Waals surface area contributed by atoms with Crippen LogP contribution in [-0.2, 0) is 14.3 Å². The highest BCUT2D eigenvalue weighted by Crippen LogP contribution is 2.33. The summed E-state index contributed by atoms with van der Waals surface area (Å²) in [5.41, 5.74) is 0.757. The van der Waals surface area contributed by atoms with E-state index in [-0.39, 0.29) is 18.4 Å². The third-order valence-corrected chi connectivity index (χ3v) is 3.71. The van der Waals surface area contributed by atoms with Gasteiger partial charge < -0.3 is 9.84 Å². The van der Waals surface area contributed by atoms with Crippen molar-refractivity contribution >= 4 is 11.8 Å². The molecule has 2 aliphatic rings. The van der Waals surface area contributed by atoms with E-state index in [0.29, 0.717) is 12.8 Å². The van der Waals surface area contributed by atoms with Crippen molar-refractivity contribution < 1.29 is 19.4 Å². The highest BCUT2D eigenvalue weighted by Gasteiger charge is 2.48. The minimum atomic E-state index is -0.617. The average Bonchev–Trinajstić information content (AvgIpc) is 2.89. The molecule has 2 aliphatic heterocycles. The number of nitrogens with zero attached hydrogens (tertiary/aromatic N) is 1. The molecule has 5 nitrogen and oxygen atoms in total. The molecule has 3 rings (SSSR count). The van der Waals surface area contributed by atoms with Crippen LogP contribution in [0.5, 0.6) is 0 Å². The monoisotopic (exact) mass is 261 g/mol. The fourth-order valence-electron chi connectivity index (χ4n) is 2.74. The van der Waals surface area contributed by atoms with Crippen molar-refractivity contribution in [1.82, 2.24) is 4.90 Å². The van der Waals surface area contributed by atoms with Gasteiger partial charge in [0.25, 0.3) is 11.8 Å². The number of aliphatic hydroxyl groups is 1. The Kier molecular flexibility index (Phi) is 3.08. The quantitative estimate of drug-likeness (QED) is 0.811. The second-order valence-corrected chi connectivity index (χ2v) is 4.85. The first-order valence-electron chi connectivity index (χ1n) is 6.40. The molecule has 100 valence electrons. The smallest absolute Gasteiger partial charge is 0.259 e. The molecular weight excluding hydrogens is 246 g/mol. The predicted octanol–water partition coefficient (Wildman–Crippen LogP) is 0.636. The van der Waals surface area contributed by atoms with Crippen LogP contribution in [0.15, 0.2) is 30.3 Å². The molecule has 2 unspecified atom stereocenters. The molecule has 0 radical (unpaired) electrons. The second-order valence-electron chi connectivity index (χ2n) is 4.85. The number of ether oxygens (including phenoxy) is 1. The number of amides is 2. The number of likely N-dealkylation sites (tertiary alicyclic amines) is 1. The lowest BCUT2D eigenvalue weighted by Crippen LogP contribution is -2.53. The van der Waals surface area contributed by atoms with Gasteiger partial charge in [-0.1, -0.05) is 30.3 Å². The number of carbonyl (C=O) groups is 2. The summed E-state index contributed by atoms with van der Waals surface area (Å²) in [6, 6.07) is 8.49. The van der Waals surface area contributed by atoms with Gasteiger partial charge in [0.1, 0.15) is 12.2 Å². The molecule has 2 amide bonds. The molecule has 2 fully saturated rings. The van der Waals surface area contributed by atoms with Crippen LogP contribution < -0.4 is 0 Å². The van der Waals surface area contributed by atoms with Gasteiger partial charge in [0.05, 0.1) is 12.6 Å². The van der Waals surface area contributed by atoms with Crippen LogP contribution in [0.1, 0.15) is 24.4 Å². The van der Waals surface area contributed by atoms with Gasteiger partial charge in [0, 0.05) is 0 Å². The highest BCUT2D eigenvalue weighted by atomic mass is 16.5.